The van der Waals surface area contributed by atoms with Crippen molar-refractivity contribution < 1.29 is 9.53 Å². The second-order valence-corrected chi connectivity index (χ2v) is 8.26. The van der Waals surface area contributed by atoms with Crippen LogP contribution in [0.25, 0.3) is 0 Å². The molecule has 2 aliphatic rings. The quantitative estimate of drug-likeness (QED) is 0.845. The largest absolute Gasteiger partial charge is 0.360 e. The van der Waals surface area contributed by atoms with E-state index in [1.807, 2.05) is 6.07 Å². The number of hydrogen-bond acceptors (Lipinski definition) is 2. The highest BCUT2D eigenvalue weighted by atomic mass is 16.5. The van der Waals surface area contributed by atoms with Gasteiger partial charge in [-0.1, -0.05) is 51.1 Å². The van der Waals surface area contributed by atoms with Crippen LogP contribution in [0.4, 0.5) is 0 Å². The Morgan fingerprint density at radius 3 is 2.35 bits per heavy atom. The third kappa shape index (κ3) is 2.16. The van der Waals surface area contributed by atoms with Crippen molar-refractivity contribution in [3.05, 3.63) is 35.9 Å². The maximum absolute atomic E-state index is 12.1. The van der Waals surface area contributed by atoms with E-state index in [1.165, 1.54) is 12.0 Å². The molecule has 1 amide bonds. The van der Waals surface area contributed by atoms with Crippen molar-refractivity contribution in [2.75, 3.05) is 20.7 Å². The standard InChI is InChI=1S/C20H29NO2/c1-18(2)16-11-12-19(18,3)20(13-16,15-9-7-6-8-10-15)23-14-17(22)21(4)5/h6-10,16H,11-14H2,1-5H3/t16-,19-,20+/m1/s1. The molecule has 3 nitrogen and oxygen atoms in total. The molecule has 2 bridgehead atoms. The van der Waals surface area contributed by atoms with Crippen molar-refractivity contribution in [2.24, 2.45) is 16.7 Å². The van der Waals surface area contributed by atoms with E-state index in [9.17, 15) is 4.79 Å². The van der Waals surface area contributed by atoms with Crippen LogP contribution in [-0.2, 0) is 15.1 Å². The van der Waals surface area contributed by atoms with Crippen LogP contribution in [0.15, 0.2) is 30.3 Å². The molecule has 0 N–H and O–H groups in total. The van der Waals surface area contributed by atoms with Gasteiger partial charge >= 0.3 is 0 Å². The zero-order valence-electron chi connectivity index (χ0n) is 15.1. The van der Waals surface area contributed by atoms with E-state index in [2.05, 4.69) is 45.0 Å². The molecule has 23 heavy (non-hydrogen) atoms. The molecule has 3 atom stereocenters. The first-order chi connectivity index (χ1) is 10.7. The van der Waals surface area contributed by atoms with Gasteiger partial charge in [-0.15, -0.1) is 0 Å². The van der Waals surface area contributed by atoms with Crippen LogP contribution in [-0.4, -0.2) is 31.5 Å². The number of hydrogen-bond donors (Lipinski definition) is 0. The molecule has 0 aromatic heterocycles. The minimum atomic E-state index is -0.355. The highest BCUT2D eigenvalue weighted by molar-refractivity contribution is 5.76. The summed E-state index contributed by atoms with van der Waals surface area (Å²) in [5.74, 6) is 0.687. The second-order valence-electron chi connectivity index (χ2n) is 8.26. The summed E-state index contributed by atoms with van der Waals surface area (Å²) in [4.78, 5) is 13.8. The smallest absolute Gasteiger partial charge is 0.248 e. The predicted octanol–water partition coefficient (Wildman–Crippen LogP) is 3.83. The van der Waals surface area contributed by atoms with Crippen molar-refractivity contribution >= 4 is 5.91 Å². The Hall–Kier alpha value is -1.35. The fourth-order valence-corrected chi connectivity index (χ4v) is 5.01. The molecule has 0 saturated heterocycles. The van der Waals surface area contributed by atoms with Gasteiger partial charge in [0.15, 0.2) is 0 Å². The highest BCUT2D eigenvalue weighted by Gasteiger charge is 2.70. The SMILES string of the molecule is CN(C)C(=O)CO[C@]1(c2ccccc2)C[C@H]2CC[C@]1(C)C2(C)C. The Morgan fingerprint density at radius 2 is 1.87 bits per heavy atom. The van der Waals surface area contributed by atoms with E-state index in [4.69, 9.17) is 4.74 Å². The number of fused-ring (bicyclic) bond motifs is 2. The van der Waals surface area contributed by atoms with Crippen LogP contribution in [0, 0.1) is 16.7 Å². The molecule has 2 fully saturated rings. The van der Waals surface area contributed by atoms with Crippen molar-refractivity contribution in [3.63, 3.8) is 0 Å². The molecule has 0 heterocycles. The molecule has 3 rings (SSSR count). The average Bonchev–Trinajstić information content (AvgIpc) is 2.85. The lowest BCUT2D eigenvalue weighted by Gasteiger charge is -2.48. The topological polar surface area (TPSA) is 29.5 Å². The summed E-state index contributed by atoms with van der Waals surface area (Å²) in [6.07, 6.45) is 3.44. The van der Waals surface area contributed by atoms with Crippen LogP contribution in [0.2, 0.25) is 0 Å². The molecule has 126 valence electrons. The van der Waals surface area contributed by atoms with Crippen LogP contribution >= 0.6 is 0 Å². The molecular formula is C20H29NO2. The molecule has 2 saturated carbocycles. The lowest BCUT2D eigenvalue weighted by molar-refractivity contribution is -0.165. The average molecular weight is 315 g/mol. The number of carbonyl (C=O) groups is 1. The zero-order chi connectivity index (χ0) is 16.9. The van der Waals surface area contributed by atoms with Gasteiger partial charge in [-0.3, -0.25) is 4.79 Å². The van der Waals surface area contributed by atoms with Gasteiger partial charge in [0, 0.05) is 19.5 Å². The first-order valence-electron chi connectivity index (χ1n) is 8.64. The summed E-state index contributed by atoms with van der Waals surface area (Å²) in [6, 6.07) is 10.5. The number of benzene rings is 1. The van der Waals surface area contributed by atoms with Crippen LogP contribution in [0.1, 0.15) is 45.6 Å². The summed E-state index contributed by atoms with van der Waals surface area (Å²) < 4.78 is 6.48. The van der Waals surface area contributed by atoms with Crippen LogP contribution < -0.4 is 0 Å². The number of rotatable bonds is 4. The minimum Gasteiger partial charge on any atom is -0.360 e. The second kappa shape index (κ2) is 5.34. The first kappa shape index (κ1) is 16.5. The summed E-state index contributed by atoms with van der Waals surface area (Å²) in [6.45, 7) is 7.28. The number of carbonyl (C=O) groups excluding carboxylic acids is 1. The van der Waals surface area contributed by atoms with Crippen molar-refractivity contribution in [3.8, 4) is 0 Å². The number of likely N-dealkylation sites (N-methyl/N-ethyl adjacent to an activating group) is 1. The van der Waals surface area contributed by atoms with Gasteiger partial charge in [0.2, 0.25) is 5.91 Å². The fraction of sp³-hybridized carbons (Fsp3) is 0.650. The van der Waals surface area contributed by atoms with E-state index < -0.39 is 0 Å². The van der Waals surface area contributed by atoms with Gasteiger partial charge in [0.05, 0.1) is 5.60 Å². The third-order valence-electron chi connectivity index (χ3n) is 7.04. The maximum atomic E-state index is 12.1. The number of nitrogens with zero attached hydrogens (tertiary/aromatic N) is 1. The highest BCUT2D eigenvalue weighted by Crippen LogP contribution is 2.73. The summed E-state index contributed by atoms with van der Waals surface area (Å²) >= 11 is 0. The van der Waals surface area contributed by atoms with Crippen molar-refractivity contribution in [2.45, 2.75) is 45.6 Å². The molecule has 1 aromatic carbocycles. The van der Waals surface area contributed by atoms with Gasteiger partial charge in [-0.05, 0) is 36.2 Å². The van der Waals surface area contributed by atoms with Crippen LogP contribution in [0.5, 0.6) is 0 Å². The maximum Gasteiger partial charge on any atom is 0.248 e. The Bertz CT molecular complexity index is 595. The van der Waals surface area contributed by atoms with Gasteiger partial charge in [-0.2, -0.15) is 0 Å². The van der Waals surface area contributed by atoms with Crippen molar-refractivity contribution in [1.82, 2.24) is 4.90 Å². The van der Waals surface area contributed by atoms with E-state index in [-0.39, 0.29) is 28.9 Å². The molecule has 0 unspecified atom stereocenters. The molecule has 0 aliphatic heterocycles. The number of amides is 1. The van der Waals surface area contributed by atoms with Gasteiger partial charge in [-0.25, -0.2) is 0 Å². The summed E-state index contributed by atoms with van der Waals surface area (Å²) in [7, 11) is 3.57. The normalized spacial score (nSPS) is 34.6. The molecular weight excluding hydrogens is 286 g/mol. The van der Waals surface area contributed by atoms with E-state index in [0.717, 1.165) is 12.8 Å². The molecule has 2 aliphatic carbocycles. The van der Waals surface area contributed by atoms with Gasteiger partial charge in [0.1, 0.15) is 6.61 Å². The van der Waals surface area contributed by atoms with E-state index in [1.54, 1.807) is 19.0 Å². The Morgan fingerprint density at radius 1 is 1.22 bits per heavy atom. The summed E-state index contributed by atoms with van der Waals surface area (Å²) in [5, 5.41) is 0. The van der Waals surface area contributed by atoms with Gasteiger partial charge < -0.3 is 9.64 Å². The monoisotopic (exact) mass is 315 g/mol. The first-order valence-corrected chi connectivity index (χ1v) is 8.64. The Balaban J connectivity index is 2.02. The Labute approximate surface area is 140 Å². The van der Waals surface area contributed by atoms with Gasteiger partial charge in [0.25, 0.3) is 0 Å². The molecule has 0 spiro atoms. The third-order valence-corrected chi connectivity index (χ3v) is 7.04. The fourth-order valence-electron chi connectivity index (χ4n) is 5.01. The molecule has 3 heteroatoms. The van der Waals surface area contributed by atoms with E-state index in [0.29, 0.717) is 5.92 Å². The Kier molecular flexibility index (Phi) is 3.83. The lowest BCUT2D eigenvalue weighted by Crippen LogP contribution is -2.48. The molecule has 0 radical (unpaired) electrons. The predicted molar refractivity (Wildman–Crippen MR) is 92.0 cm³/mol. The zero-order valence-corrected chi connectivity index (χ0v) is 15.1. The van der Waals surface area contributed by atoms with E-state index >= 15 is 0 Å². The van der Waals surface area contributed by atoms with Crippen LogP contribution in [0.3, 0.4) is 0 Å². The summed E-state index contributed by atoms with van der Waals surface area (Å²) in [5.41, 5.74) is 1.15. The van der Waals surface area contributed by atoms with Crippen molar-refractivity contribution in [1.29, 1.82) is 0 Å². The molecule has 1 aromatic rings. The lowest BCUT2D eigenvalue weighted by atomic mass is 9.62. The number of ether oxygens (including phenoxy) is 1. The minimum absolute atomic E-state index is 0.0319.